The standard InChI is InChI=1S/C21H21F6NO.C13H19N.C12H16N2O.C12H17NO2S/c22-20(23,24)17-10-15(11-18(12-17)21(25,26)27)13-29-14-19(6-8-28-9-7-19)16-4-2-1-3-5-16;1-11(12-5-3-2-4-6-12)13-7-9-14-10-8-13;15-12(10-6-8-13-9-7-10)14-11-4-2-1-3-5-11;1-14-12(7-9-13-10-8-12)15-16-11-5-3-2-4-6-11/h1-5,10-12,28H,6-9,13-14H2;2-6,11,13-14H,7-10H2,1H3;1-5,10,13H,6-9H2,(H,14,15);2-6,13H,7-10H2,1H3. The number of nitrogens with one attached hydrogen (secondary N) is 5. The second kappa shape index (κ2) is 29.5. The topological polar surface area (TPSA) is 105 Å². The molecule has 9 rings (SSSR count). The average molecular weight is 1050 g/mol. The maximum Gasteiger partial charge on any atom is 0.416 e. The fourth-order valence-corrected chi connectivity index (χ4v) is 10.4. The highest BCUT2D eigenvalue weighted by Crippen LogP contribution is 2.38. The first-order valence-electron chi connectivity index (χ1n) is 25.8. The summed E-state index contributed by atoms with van der Waals surface area (Å²) < 4.78 is 95.2. The predicted octanol–water partition coefficient (Wildman–Crippen LogP) is 12.4. The van der Waals surface area contributed by atoms with E-state index >= 15 is 0 Å². The Hall–Kier alpha value is -4.78. The molecule has 0 aromatic heterocycles. The monoisotopic (exact) mass is 1050 g/mol. The van der Waals surface area contributed by atoms with E-state index in [2.05, 4.69) is 63.8 Å². The molecule has 4 aliphatic rings. The minimum atomic E-state index is -4.86. The molecule has 4 saturated heterocycles. The Bertz CT molecular complexity index is 2310. The maximum absolute atomic E-state index is 13.0. The highest BCUT2D eigenvalue weighted by Gasteiger charge is 2.38. The zero-order valence-electron chi connectivity index (χ0n) is 42.5. The molecule has 74 heavy (non-hydrogen) atoms. The van der Waals surface area contributed by atoms with Crippen molar-refractivity contribution in [2.75, 3.05) is 71.4 Å². The number of halogens is 6. The van der Waals surface area contributed by atoms with Crippen molar-refractivity contribution in [3.63, 3.8) is 0 Å². The zero-order chi connectivity index (χ0) is 52.7. The molecule has 4 fully saturated rings. The Morgan fingerprint density at radius 1 is 0.635 bits per heavy atom. The van der Waals surface area contributed by atoms with E-state index < -0.39 is 29.3 Å². The van der Waals surface area contributed by atoms with Crippen LogP contribution in [0.4, 0.5) is 32.0 Å². The molecule has 5 aromatic carbocycles. The highest BCUT2D eigenvalue weighted by atomic mass is 32.2. The summed E-state index contributed by atoms with van der Waals surface area (Å²) in [6.07, 6.45) is -1.86. The van der Waals surface area contributed by atoms with Crippen molar-refractivity contribution in [1.29, 1.82) is 0 Å². The molecule has 0 radical (unpaired) electrons. The molecule has 0 bridgehead atoms. The number of amides is 1. The van der Waals surface area contributed by atoms with Gasteiger partial charge in [-0.1, -0.05) is 104 Å². The van der Waals surface area contributed by atoms with Crippen LogP contribution < -0.4 is 26.6 Å². The third kappa shape index (κ3) is 18.8. The first-order valence-corrected chi connectivity index (χ1v) is 26.5. The zero-order valence-corrected chi connectivity index (χ0v) is 43.4. The number of hydrogen-bond acceptors (Lipinski definition) is 9. The number of rotatable bonds is 13. The molecule has 0 saturated carbocycles. The summed E-state index contributed by atoms with van der Waals surface area (Å²) in [6.45, 7) is 9.98. The second-order valence-corrected chi connectivity index (χ2v) is 20.1. The molecular formula is C58H73F6N5O4S. The van der Waals surface area contributed by atoms with E-state index in [9.17, 15) is 31.1 Å². The minimum Gasteiger partial charge on any atom is -0.376 e. The highest BCUT2D eigenvalue weighted by molar-refractivity contribution is 7.94. The summed E-state index contributed by atoms with van der Waals surface area (Å²) in [5, 5.41) is 16.2. The molecule has 4 aliphatic heterocycles. The van der Waals surface area contributed by atoms with Gasteiger partial charge in [0.1, 0.15) is 0 Å². The number of ether oxygens (including phenoxy) is 2. The summed E-state index contributed by atoms with van der Waals surface area (Å²) in [7, 11) is 1.72. The second-order valence-electron chi connectivity index (χ2n) is 19.3. The number of para-hydroxylation sites is 1. The van der Waals surface area contributed by atoms with Crippen LogP contribution in [0.25, 0.3) is 0 Å². The van der Waals surface area contributed by atoms with Crippen molar-refractivity contribution in [3.8, 4) is 0 Å². The van der Waals surface area contributed by atoms with E-state index in [-0.39, 0.29) is 42.1 Å². The molecule has 0 aliphatic carbocycles. The van der Waals surface area contributed by atoms with E-state index in [1.807, 2.05) is 91.0 Å². The molecule has 1 amide bonds. The van der Waals surface area contributed by atoms with Crippen LogP contribution in [0, 0.1) is 11.8 Å². The summed E-state index contributed by atoms with van der Waals surface area (Å²) in [4.78, 5) is 12.9. The van der Waals surface area contributed by atoms with Gasteiger partial charge in [0.25, 0.3) is 0 Å². The number of alkyl halides is 6. The fourth-order valence-electron chi connectivity index (χ4n) is 9.63. The largest absolute Gasteiger partial charge is 0.416 e. The van der Waals surface area contributed by atoms with Crippen LogP contribution >= 0.6 is 12.0 Å². The lowest BCUT2D eigenvalue weighted by Gasteiger charge is -2.38. The molecule has 402 valence electrons. The number of carbonyl (C=O) groups excluding carboxylic acids is 1. The smallest absolute Gasteiger partial charge is 0.376 e. The van der Waals surface area contributed by atoms with Gasteiger partial charge in [0.05, 0.1) is 24.3 Å². The van der Waals surface area contributed by atoms with Gasteiger partial charge in [-0.3, -0.25) is 8.98 Å². The first-order chi connectivity index (χ1) is 35.7. The summed E-state index contributed by atoms with van der Waals surface area (Å²) in [6, 6.07) is 41.8. The van der Waals surface area contributed by atoms with Crippen LogP contribution in [0.5, 0.6) is 0 Å². The lowest BCUT2D eigenvalue weighted by atomic mass is 9.74. The van der Waals surface area contributed by atoms with Gasteiger partial charge in [-0.2, -0.15) is 26.3 Å². The van der Waals surface area contributed by atoms with Crippen molar-refractivity contribution in [3.05, 3.63) is 167 Å². The van der Waals surface area contributed by atoms with Crippen molar-refractivity contribution in [2.45, 2.75) is 99.3 Å². The number of anilines is 1. The van der Waals surface area contributed by atoms with E-state index in [1.165, 1.54) is 43.5 Å². The number of piperidine rings is 4. The molecule has 1 atom stereocenters. The van der Waals surface area contributed by atoms with Gasteiger partial charge in [0.15, 0.2) is 5.79 Å². The Balaban J connectivity index is 0.000000170. The van der Waals surface area contributed by atoms with Crippen LogP contribution in [0.1, 0.15) is 92.0 Å². The Morgan fingerprint density at radius 2 is 1.11 bits per heavy atom. The van der Waals surface area contributed by atoms with Crippen molar-refractivity contribution in [1.82, 2.24) is 21.3 Å². The van der Waals surface area contributed by atoms with Crippen LogP contribution in [0.15, 0.2) is 144 Å². The Kier molecular flexibility index (Phi) is 23.3. The molecule has 16 heteroatoms. The summed E-state index contributed by atoms with van der Waals surface area (Å²) in [5.74, 6) is 1.50. The van der Waals surface area contributed by atoms with Gasteiger partial charge in [-0.15, -0.1) is 0 Å². The minimum absolute atomic E-state index is 0.127. The lowest BCUT2D eigenvalue weighted by Crippen LogP contribution is -2.44. The fraction of sp³-hybridized carbons (Fsp3) is 0.466. The Labute approximate surface area is 437 Å². The lowest BCUT2D eigenvalue weighted by molar-refractivity contribution is -0.169. The molecule has 0 spiro atoms. The van der Waals surface area contributed by atoms with Crippen molar-refractivity contribution in [2.24, 2.45) is 11.8 Å². The third-order valence-corrected chi connectivity index (χ3v) is 15.0. The van der Waals surface area contributed by atoms with E-state index in [4.69, 9.17) is 13.7 Å². The van der Waals surface area contributed by atoms with Crippen molar-refractivity contribution >= 4 is 23.6 Å². The molecule has 9 nitrogen and oxygen atoms in total. The Morgan fingerprint density at radius 3 is 1.64 bits per heavy atom. The van der Waals surface area contributed by atoms with Crippen LogP contribution in [-0.2, 0) is 42.8 Å². The van der Waals surface area contributed by atoms with Gasteiger partial charge >= 0.3 is 12.4 Å². The number of methoxy groups -OCH3 is 1. The molecule has 1 unspecified atom stereocenters. The van der Waals surface area contributed by atoms with Gasteiger partial charge in [0.2, 0.25) is 5.91 Å². The summed E-state index contributed by atoms with van der Waals surface area (Å²) >= 11 is 1.40. The number of carbonyl (C=O) groups is 1. The molecular weight excluding hydrogens is 977 g/mol. The number of benzene rings is 5. The van der Waals surface area contributed by atoms with Gasteiger partial charge in [-0.05, 0) is 149 Å². The first kappa shape index (κ1) is 58.5. The normalized spacial score (nSPS) is 18.4. The third-order valence-electron chi connectivity index (χ3n) is 14.2. The van der Waals surface area contributed by atoms with Gasteiger partial charge in [-0.25, -0.2) is 0 Å². The quantitative estimate of drug-likeness (QED) is 0.0448. The molecule has 5 aromatic rings. The SMILES string of the molecule is CC(c1ccccc1)C1CCNCC1.COC1(OSc2ccccc2)CCNCC1.FC(F)(F)c1cc(COCC2(c3ccccc3)CCNCC2)cc(C(F)(F)F)c1.O=C(Nc1ccccc1)C1CCNCC1. The van der Waals surface area contributed by atoms with Crippen LogP contribution in [0.3, 0.4) is 0 Å². The predicted molar refractivity (Wildman–Crippen MR) is 283 cm³/mol. The summed E-state index contributed by atoms with van der Waals surface area (Å²) in [5.41, 5.74) is 0.323. The molecule has 5 N–H and O–H groups in total. The van der Waals surface area contributed by atoms with E-state index in [1.54, 1.807) is 7.11 Å². The van der Waals surface area contributed by atoms with Gasteiger partial charge in [0, 0.05) is 67.0 Å². The average Bonchev–Trinajstić information content (AvgIpc) is 3.44. The number of hydrogen-bond donors (Lipinski definition) is 5. The van der Waals surface area contributed by atoms with Crippen LogP contribution in [0.2, 0.25) is 0 Å². The van der Waals surface area contributed by atoms with E-state index in [0.29, 0.717) is 12.1 Å². The van der Waals surface area contributed by atoms with Crippen molar-refractivity contribution < 1.29 is 44.8 Å². The maximum atomic E-state index is 13.0. The van der Waals surface area contributed by atoms with E-state index in [0.717, 1.165) is 106 Å². The van der Waals surface area contributed by atoms with Gasteiger partial charge < -0.3 is 36.1 Å². The molecule has 4 heterocycles. The van der Waals surface area contributed by atoms with Crippen LogP contribution in [-0.4, -0.2) is 77.8 Å².